The van der Waals surface area contributed by atoms with Crippen LogP contribution in [0.1, 0.15) is 37.4 Å². The highest BCUT2D eigenvalue weighted by Gasteiger charge is 2.33. The Bertz CT molecular complexity index is 1430. The van der Waals surface area contributed by atoms with E-state index in [2.05, 4.69) is 45.7 Å². The van der Waals surface area contributed by atoms with Gasteiger partial charge in [-0.15, -0.1) is 0 Å². The zero-order valence-corrected chi connectivity index (χ0v) is 24.5. The SMILES string of the molecule is CC(C)(C[C@H](Cc1nc(Br)cc([Si](C)(C)C)c1F)c1ccccc1-c1noc2ccccc12)S(N)=O. The van der Waals surface area contributed by atoms with E-state index >= 15 is 4.39 Å². The van der Waals surface area contributed by atoms with Crippen LogP contribution in [0.25, 0.3) is 22.2 Å². The topological polar surface area (TPSA) is 82.0 Å². The summed E-state index contributed by atoms with van der Waals surface area (Å²) in [7, 11) is -3.53. The highest BCUT2D eigenvalue weighted by Crippen LogP contribution is 2.39. The van der Waals surface area contributed by atoms with E-state index in [9.17, 15) is 4.21 Å². The number of benzene rings is 2. The summed E-state index contributed by atoms with van der Waals surface area (Å²) >= 11 is 3.50. The molecule has 36 heavy (non-hydrogen) atoms. The summed E-state index contributed by atoms with van der Waals surface area (Å²) in [6.07, 6.45) is 0.801. The van der Waals surface area contributed by atoms with Gasteiger partial charge in [0, 0.05) is 10.9 Å². The summed E-state index contributed by atoms with van der Waals surface area (Å²) in [5.74, 6) is -0.469. The number of hydrogen-bond donors (Lipinski definition) is 1. The van der Waals surface area contributed by atoms with Gasteiger partial charge in [-0.1, -0.05) is 61.2 Å². The molecule has 9 heteroatoms. The normalized spacial score (nSPS) is 14.2. The first-order valence-corrected chi connectivity index (χ1v) is 17.3. The number of fused-ring (bicyclic) bond motifs is 1. The average Bonchev–Trinajstić information content (AvgIpc) is 3.24. The third kappa shape index (κ3) is 5.54. The summed E-state index contributed by atoms with van der Waals surface area (Å²) in [5, 5.41) is 11.9. The van der Waals surface area contributed by atoms with Crippen LogP contribution in [0.15, 0.2) is 63.7 Å². The Labute approximate surface area is 223 Å². The molecule has 0 amide bonds. The van der Waals surface area contributed by atoms with Gasteiger partial charge >= 0.3 is 0 Å². The predicted molar refractivity (Wildman–Crippen MR) is 152 cm³/mol. The van der Waals surface area contributed by atoms with Gasteiger partial charge in [-0.3, -0.25) is 5.14 Å². The Morgan fingerprint density at radius 3 is 2.50 bits per heavy atom. The summed E-state index contributed by atoms with van der Waals surface area (Å²) < 4.78 is 33.8. The molecule has 2 aromatic carbocycles. The monoisotopic (exact) mass is 587 g/mol. The standard InChI is InChI=1S/C27H31BrFN3O2SSi/c1-27(2,35(30)33)16-17(14-21-25(29)23(36(3,4)5)15-24(28)31-21)18-10-6-7-11-19(18)26-20-12-8-9-13-22(20)34-32-26/h6-13,15,17H,14,16,30H2,1-5H3/t17-,35?/m0/s1. The molecule has 190 valence electrons. The Kier molecular flexibility index (Phi) is 7.67. The van der Waals surface area contributed by atoms with Crippen molar-refractivity contribution < 1.29 is 13.1 Å². The molecular weight excluding hydrogens is 557 g/mol. The van der Waals surface area contributed by atoms with Gasteiger partial charge in [-0.05, 0) is 77.5 Å². The summed E-state index contributed by atoms with van der Waals surface area (Å²) in [4.78, 5) is 4.55. The van der Waals surface area contributed by atoms with Gasteiger partial charge in [-0.25, -0.2) is 13.6 Å². The number of pyridine rings is 1. The molecule has 4 aromatic rings. The molecule has 2 aromatic heterocycles. The number of aromatic nitrogens is 2. The van der Waals surface area contributed by atoms with Crippen LogP contribution in [-0.4, -0.2) is 27.2 Å². The van der Waals surface area contributed by atoms with E-state index < -0.39 is 23.8 Å². The molecule has 1 unspecified atom stereocenters. The number of halogens is 2. The lowest BCUT2D eigenvalue weighted by molar-refractivity contribution is 0.459. The van der Waals surface area contributed by atoms with Crippen LogP contribution in [0.2, 0.25) is 19.6 Å². The first-order chi connectivity index (χ1) is 16.9. The van der Waals surface area contributed by atoms with Crippen molar-refractivity contribution in [3.63, 3.8) is 0 Å². The van der Waals surface area contributed by atoms with Crippen LogP contribution in [0.4, 0.5) is 4.39 Å². The largest absolute Gasteiger partial charge is 0.356 e. The van der Waals surface area contributed by atoms with E-state index in [1.807, 2.05) is 62.4 Å². The number of para-hydroxylation sites is 1. The molecule has 2 heterocycles. The van der Waals surface area contributed by atoms with Crippen molar-refractivity contribution in [1.29, 1.82) is 0 Å². The molecular formula is C27H31BrFN3O2SSi. The minimum Gasteiger partial charge on any atom is -0.356 e. The van der Waals surface area contributed by atoms with Crippen molar-refractivity contribution in [3.05, 3.63) is 76.3 Å². The Hall–Kier alpha value is -2.20. The molecule has 4 rings (SSSR count). The van der Waals surface area contributed by atoms with E-state index in [0.717, 1.165) is 27.4 Å². The van der Waals surface area contributed by atoms with Crippen LogP contribution in [0.5, 0.6) is 0 Å². The zero-order valence-electron chi connectivity index (χ0n) is 21.1. The third-order valence-electron chi connectivity index (χ3n) is 6.56. The quantitative estimate of drug-likeness (QED) is 0.189. The van der Waals surface area contributed by atoms with Crippen LogP contribution >= 0.6 is 15.9 Å². The molecule has 0 aliphatic heterocycles. The summed E-state index contributed by atoms with van der Waals surface area (Å²) in [6.45, 7) is 10.1. The molecule has 0 radical (unpaired) electrons. The lowest BCUT2D eigenvalue weighted by Gasteiger charge is -2.29. The fourth-order valence-corrected chi connectivity index (χ4v) is 6.97. The number of rotatable bonds is 8. The molecule has 0 fully saturated rings. The van der Waals surface area contributed by atoms with Crippen molar-refractivity contribution in [1.82, 2.24) is 10.1 Å². The highest BCUT2D eigenvalue weighted by atomic mass is 79.9. The minimum atomic E-state index is -1.96. The van der Waals surface area contributed by atoms with Gasteiger partial charge < -0.3 is 4.52 Å². The maximum absolute atomic E-state index is 15.8. The first-order valence-electron chi connectivity index (χ1n) is 11.8. The lowest BCUT2D eigenvalue weighted by Crippen LogP contribution is -2.41. The lowest BCUT2D eigenvalue weighted by atomic mass is 9.83. The fraction of sp³-hybridized carbons (Fsp3) is 0.333. The molecule has 0 spiro atoms. The van der Waals surface area contributed by atoms with Crippen molar-refractivity contribution in [2.45, 2.75) is 57.0 Å². The molecule has 0 aliphatic carbocycles. The van der Waals surface area contributed by atoms with Crippen LogP contribution < -0.4 is 10.3 Å². The molecule has 0 aliphatic rings. The van der Waals surface area contributed by atoms with Crippen molar-refractivity contribution in [2.75, 3.05) is 0 Å². The van der Waals surface area contributed by atoms with E-state index in [4.69, 9.17) is 9.66 Å². The van der Waals surface area contributed by atoms with Crippen molar-refractivity contribution in [3.8, 4) is 11.3 Å². The second kappa shape index (κ2) is 10.3. The number of nitrogens with two attached hydrogens (primary N) is 1. The Balaban J connectivity index is 1.88. The average molecular weight is 589 g/mol. The van der Waals surface area contributed by atoms with Crippen LogP contribution in [0, 0.1) is 5.82 Å². The van der Waals surface area contributed by atoms with E-state index in [0.29, 0.717) is 28.7 Å². The Morgan fingerprint density at radius 2 is 1.81 bits per heavy atom. The molecule has 2 atom stereocenters. The van der Waals surface area contributed by atoms with Gasteiger partial charge in [0.2, 0.25) is 0 Å². The maximum Gasteiger partial charge on any atom is 0.167 e. The molecule has 0 saturated carbocycles. The van der Waals surface area contributed by atoms with Gasteiger partial charge in [0.1, 0.15) is 16.1 Å². The van der Waals surface area contributed by atoms with Gasteiger partial charge in [0.05, 0.1) is 29.5 Å². The highest BCUT2D eigenvalue weighted by molar-refractivity contribution is 9.10. The maximum atomic E-state index is 15.8. The molecule has 0 saturated heterocycles. The smallest absolute Gasteiger partial charge is 0.167 e. The fourth-order valence-electron chi connectivity index (χ4n) is 4.58. The molecule has 2 N–H and O–H groups in total. The second-order valence-corrected chi connectivity index (χ2v) is 18.3. The van der Waals surface area contributed by atoms with Gasteiger partial charge in [-0.2, -0.15) is 0 Å². The van der Waals surface area contributed by atoms with E-state index in [-0.39, 0.29) is 11.7 Å². The zero-order chi connectivity index (χ0) is 26.3. The van der Waals surface area contributed by atoms with E-state index in [1.54, 1.807) is 6.07 Å². The van der Waals surface area contributed by atoms with Crippen LogP contribution in [-0.2, 0) is 17.4 Å². The van der Waals surface area contributed by atoms with Crippen molar-refractivity contribution in [2.24, 2.45) is 5.14 Å². The predicted octanol–water partition coefficient (Wildman–Crippen LogP) is 6.45. The molecule has 0 bridgehead atoms. The van der Waals surface area contributed by atoms with Gasteiger partial charge in [0.15, 0.2) is 5.58 Å². The summed E-state index contributed by atoms with van der Waals surface area (Å²) in [5.41, 5.74) is 3.67. The molecule has 5 nitrogen and oxygen atoms in total. The number of nitrogens with zero attached hydrogens (tertiary/aromatic N) is 2. The minimum absolute atomic E-state index is 0.218. The van der Waals surface area contributed by atoms with Crippen molar-refractivity contribution >= 4 is 51.1 Å². The summed E-state index contributed by atoms with van der Waals surface area (Å²) in [6, 6.07) is 17.4. The Morgan fingerprint density at radius 1 is 1.14 bits per heavy atom. The van der Waals surface area contributed by atoms with E-state index in [1.165, 1.54) is 0 Å². The first kappa shape index (κ1) is 26.8. The second-order valence-electron chi connectivity index (χ2n) is 10.8. The third-order valence-corrected chi connectivity index (χ3v) is 10.2. The van der Waals surface area contributed by atoms with Crippen LogP contribution in [0.3, 0.4) is 0 Å². The van der Waals surface area contributed by atoms with Gasteiger partial charge in [0.25, 0.3) is 0 Å². The number of hydrogen-bond acceptors (Lipinski definition) is 4.